The zero-order valence-electron chi connectivity index (χ0n) is 36.5. The summed E-state index contributed by atoms with van der Waals surface area (Å²) in [6, 6.07) is 15.2. The van der Waals surface area contributed by atoms with E-state index in [4.69, 9.17) is 24.7 Å². The summed E-state index contributed by atoms with van der Waals surface area (Å²) in [6.07, 6.45) is 2.99. The molecular formula is C47H59N5O10. The molecule has 15 heteroatoms. The maximum atomic E-state index is 14.2. The first-order valence-corrected chi connectivity index (χ1v) is 20.7. The highest BCUT2D eigenvalue weighted by molar-refractivity contribution is 6.24. The number of piperazine rings is 1. The van der Waals surface area contributed by atoms with Gasteiger partial charge in [0.25, 0.3) is 11.8 Å². The summed E-state index contributed by atoms with van der Waals surface area (Å²) in [5, 5.41) is 16.8. The molecule has 0 aromatic heterocycles. The number of amides is 3. The van der Waals surface area contributed by atoms with Crippen molar-refractivity contribution >= 4 is 35.2 Å². The number of fused-ring (bicyclic) bond motifs is 2. The second kappa shape index (κ2) is 21.8. The Balaban J connectivity index is 1.35. The normalized spacial score (nSPS) is 26.9. The molecule has 1 fully saturated rings. The number of benzene rings is 2. The lowest BCUT2D eigenvalue weighted by Crippen LogP contribution is -2.45. The van der Waals surface area contributed by atoms with E-state index in [1.807, 2.05) is 31.2 Å². The van der Waals surface area contributed by atoms with E-state index < -0.39 is 59.8 Å². The molecule has 0 unspecified atom stereocenters. The highest BCUT2D eigenvalue weighted by Crippen LogP contribution is 2.29. The van der Waals surface area contributed by atoms with Crippen molar-refractivity contribution in [3.8, 4) is 5.75 Å². The van der Waals surface area contributed by atoms with Crippen LogP contribution in [0.4, 0.5) is 10.5 Å². The van der Waals surface area contributed by atoms with Crippen LogP contribution in [0, 0.1) is 11.8 Å². The fourth-order valence-corrected chi connectivity index (χ4v) is 7.88. The van der Waals surface area contributed by atoms with E-state index in [1.54, 1.807) is 45.2 Å². The maximum Gasteiger partial charge on any atom is 0.405 e. The summed E-state index contributed by atoms with van der Waals surface area (Å²) in [4.78, 5) is 71.6. The lowest BCUT2D eigenvalue weighted by atomic mass is 9.85. The largest absolute Gasteiger partial charge is 0.497 e. The summed E-state index contributed by atoms with van der Waals surface area (Å²) >= 11 is 0. The lowest BCUT2D eigenvalue weighted by Gasteiger charge is -2.36. The molecule has 1 aliphatic carbocycles. The molecule has 2 aromatic rings. The number of carbonyl (C=O) groups excluding carboxylic acids is 5. The molecule has 2 heterocycles. The minimum Gasteiger partial charge on any atom is -0.497 e. The van der Waals surface area contributed by atoms with Gasteiger partial charge in [-0.05, 0) is 80.1 Å². The molecule has 3 aliphatic rings. The van der Waals surface area contributed by atoms with Crippen LogP contribution in [-0.2, 0) is 35.1 Å². The van der Waals surface area contributed by atoms with Gasteiger partial charge in [0.05, 0.1) is 30.7 Å². The Morgan fingerprint density at radius 3 is 2.23 bits per heavy atom. The van der Waals surface area contributed by atoms with Crippen LogP contribution in [-0.4, -0.2) is 111 Å². The third-order valence-corrected chi connectivity index (χ3v) is 11.5. The van der Waals surface area contributed by atoms with Gasteiger partial charge in [0.1, 0.15) is 11.9 Å². The van der Waals surface area contributed by atoms with Crippen LogP contribution in [0.2, 0.25) is 0 Å². The Morgan fingerprint density at radius 2 is 1.61 bits per heavy atom. The number of allylic oxidation sites excluding steroid dienone is 4. The fraction of sp³-hybridized carbons (Fsp3) is 0.426. The van der Waals surface area contributed by atoms with Crippen molar-refractivity contribution in [2.24, 2.45) is 17.6 Å². The topological polar surface area (TPSA) is 199 Å². The predicted molar refractivity (Wildman–Crippen MR) is 234 cm³/mol. The number of Topliss-reactive ketones (excluding diaryl/α,β-unsaturated/α-hetero) is 1. The SMILES string of the molecule is COc1ccc(N2CCN(Cc3ccc(C(=O)NC4=C5C[C@@H](C)C[C@@H](OC)[C@@H](O)[C@@H](C)/C=C(/C)[C@@H](OC(N)=O)[C@H](OC)/C=C\C=C(\C)C(=O)NC(=CC4=O)C5=O)cc3)CC2)cc1. The number of anilines is 1. The summed E-state index contributed by atoms with van der Waals surface area (Å²) in [5.74, 6) is -2.56. The van der Waals surface area contributed by atoms with Gasteiger partial charge in [-0.15, -0.1) is 0 Å². The number of ketones is 2. The number of ether oxygens (including phenoxy) is 4. The minimum atomic E-state index is -1.05. The molecule has 0 saturated carbocycles. The van der Waals surface area contributed by atoms with E-state index >= 15 is 0 Å². The molecule has 2 aliphatic heterocycles. The van der Waals surface area contributed by atoms with Crippen LogP contribution in [0.1, 0.15) is 56.5 Å². The molecule has 2 bridgehead atoms. The number of aliphatic hydroxyl groups excluding tert-OH is 1. The van der Waals surface area contributed by atoms with Gasteiger partial charge in [-0.1, -0.05) is 50.3 Å². The Morgan fingerprint density at radius 1 is 0.935 bits per heavy atom. The Labute approximate surface area is 363 Å². The van der Waals surface area contributed by atoms with Gasteiger partial charge >= 0.3 is 6.09 Å². The summed E-state index contributed by atoms with van der Waals surface area (Å²) in [6.45, 7) is 11.0. The van der Waals surface area contributed by atoms with Gasteiger partial charge in [-0.2, -0.15) is 0 Å². The van der Waals surface area contributed by atoms with E-state index in [0.717, 1.165) is 49.3 Å². The average molecular weight is 854 g/mol. The highest BCUT2D eigenvalue weighted by atomic mass is 16.6. The molecule has 1 saturated heterocycles. The molecule has 332 valence electrons. The number of primary amides is 1. The van der Waals surface area contributed by atoms with Crippen LogP contribution in [0.15, 0.2) is 107 Å². The molecule has 62 heavy (non-hydrogen) atoms. The van der Waals surface area contributed by atoms with E-state index in [-0.39, 0.29) is 41.3 Å². The molecule has 0 radical (unpaired) electrons. The Bertz CT molecular complexity index is 2120. The van der Waals surface area contributed by atoms with Crippen molar-refractivity contribution in [2.45, 2.75) is 71.5 Å². The Hall–Kier alpha value is -5.87. The van der Waals surface area contributed by atoms with Gasteiger partial charge in [0.15, 0.2) is 6.10 Å². The van der Waals surface area contributed by atoms with Crippen molar-refractivity contribution in [1.29, 1.82) is 0 Å². The molecule has 15 nitrogen and oxygen atoms in total. The second-order valence-corrected chi connectivity index (χ2v) is 16.0. The first-order chi connectivity index (χ1) is 29.6. The van der Waals surface area contributed by atoms with Gasteiger partial charge in [-0.3, -0.25) is 24.1 Å². The van der Waals surface area contributed by atoms with Crippen LogP contribution < -0.4 is 26.0 Å². The number of aliphatic hydroxyl groups is 1. The Kier molecular flexibility index (Phi) is 16.6. The fourth-order valence-electron chi connectivity index (χ4n) is 7.88. The molecule has 2 aromatic carbocycles. The first kappa shape index (κ1) is 47.2. The number of hydrogen-bond acceptors (Lipinski definition) is 12. The summed E-state index contributed by atoms with van der Waals surface area (Å²) < 4.78 is 22.0. The maximum absolute atomic E-state index is 14.2. The standard InChI is InChI=1S/C47H59N5O10/c1-28-23-36-41(50-46(57)33-13-11-32(12-14-33)27-51-19-21-52(22-20-51)34-15-17-35(59-5)18-16-34)38(53)26-37(43(36)55)49-45(56)29(2)9-8-10-39(60-6)44(62-47(48)58)31(4)25-30(3)42(54)40(24-28)61-7/h8-18,25-26,28,30,39-40,42,44,54H,19-24,27H2,1-7H3,(H2,48,58)(H,49,56)(H,50,57)/b10-8-,29-9-,31-25-/t28-,30+,39-,40-,42+,44-/m1/s1. The minimum absolute atomic E-state index is 0.00942. The number of nitrogens with zero attached hydrogens (tertiary/aromatic N) is 2. The highest BCUT2D eigenvalue weighted by Gasteiger charge is 2.34. The van der Waals surface area contributed by atoms with Crippen LogP contribution in [0.25, 0.3) is 0 Å². The third-order valence-electron chi connectivity index (χ3n) is 11.5. The van der Waals surface area contributed by atoms with Crippen molar-refractivity contribution in [2.75, 3.05) is 52.4 Å². The van der Waals surface area contributed by atoms with E-state index in [2.05, 4.69) is 32.6 Å². The summed E-state index contributed by atoms with van der Waals surface area (Å²) in [5.41, 5.74) is 8.20. The van der Waals surface area contributed by atoms with Gasteiger partial charge < -0.3 is 45.3 Å². The number of hydrogen-bond donors (Lipinski definition) is 4. The lowest BCUT2D eigenvalue weighted by molar-refractivity contribution is -0.120. The number of rotatable bonds is 9. The zero-order valence-corrected chi connectivity index (χ0v) is 36.5. The smallest absolute Gasteiger partial charge is 0.405 e. The number of carbonyl (C=O) groups is 5. The van der Waals surface area contributed by atoms with Crippen molar-refractivity contribution in [1.82, 2.24) is 15.5 Å². The molecule has 3 amide bonds. The van der Waals surface area contributed by atoms with E-state index in [0.29, 0.717) is 17.7 Å². The van der Waals surface area contributed by atoms with Gasteiger partial charge in [0, 0.05) is 81.3 Å². The molecular weight excluding hydrogens is 795 g/mol. The van der Waals surface area contributed by atoms with E-state index in [1.165, 1.54) is 33.3 Å². The monoisotopic (exact) mass is 853 g/mol. The molecule has 5 N–H and O–H groups in total. The quantitative estimate of drug-likeness (QED) is 0.204. The average Bonchev–Trinajstić information content (AvgIpc) is 3.26. The van der Waals surface area contributed by atoms with Crippen LogP contribution in [0.3, 0.4) is 0 Å². The zero-order chi connectivity index (χ0) is 45.1. The van der Waals surface area contributed by atoms with Gasteiger partial charge in [0.2, 0.25) is 11.6 Å². The molecule has 0 spiro atoms. The second-order valence-electron chi connectivity index (χ2n) is 16.0. The molecule has 5 rings (SSSR count). The molecule has 6 atom stereocenters. The summed E-state index contributed by atoms with van der Waals surface area (Å²) in [7, 11) is 4.54. The van der Waals surface area contributed by atoms with Crippen LogP contribution in [0.5, 0.6) is 5.75 Å². The van der Waals surface area contributed by atoms with Crippen molar-refractivity contribution in [3.05, 3.63) is 118 Å². The number of nitrogens with one attached hydrogen (secondary N) is 2. The number of methoxy groups -OCH3 is 3. The number of nitrogens with two attached hydrogens (primary N) is 1. The predicted octanol–water partition coefficient (Wildman–Crippen LogP) is 4.52. The van der Waals surface area contributed by atoms with Crippen molar-refractivity contribution < 1.29 is 48.0 Å². The first-order valence-electron chi connectivity index (χ1n) is 20.7. The third kappa shape index (κ3) is 12.2. The van der Waals surface area contributed by atoms with Gasteiger partial charge in [-0.25, -0.2) is 4.79 Å². The van der Waals surface area contributed by atoms with E-state index in [9.17, 15) is 29.1 Å². The van der Waals surface area contributed by atoms with Crippen molar-refractivity contribution in [3.63, 3.8) is 0 Å². The van der Waals surface area contributed by atoms with Crippen LogP contribution >= 0.6 is 0 Å².